The molecule has 1 aliphatic rings. The largest absolute Gasteiger partial charge is 0.496 e. The van der Waals surface area contributed by atoms with Gasteiger partial charge in [-0.2, -0.15) is 0 Å². The molecule has 1 aromatic carbocycles. The number of nitrogens with one attached hydrogen (secondary N) is 1. The SMILES string of the molecule is COc1cccc(Cl)c1CNC(=O)C1CCCC(N)C1.Cl. The molecular weight excluding hydrogens is 311 g/mol. The quantitative estimate of drug-likeness (QED) is 0.890. The molecule has 21 heavy (non-hydrogen) atoms. The second-order valence-corrected chi connectivity index (χ2v) is 5.67. The Balaban J connectivity index is 0.00000220. The molecule has 1 aromatic rings. The lowest BCUT2D eigenvalue weighted by atomic mass is 9.85. The monoisotopic (exact) mass is 332 g/mol. The first kappa shape index (κ1) is 18.1. The molecule has 0 aromatic heterocycles. The summed E-state index contributed by atoms with van der Waals surface area (Å²) in [6.07, 6.45) is 3.72. The van der Waals surface area contributed by atoms with Crippen LogP contribution in [0, 0.1) is 5.92 Å². The van der Waals surface area contributed by atoms with E-state index < -0.39 is 0 Å². The Kier molecular flexibility index (Phi) is 7.29. The zero-order valence-electron chi connectivity index (χ0n) is 12.1. The van der Waals surface area contributed by atoms with Gasteiger partial charge in [-0.05, 0) is 31.4 Å². The van der Waals surface area contributed by atoms with Crippen molar-refractivity contribution in [2.24, 2.45) is 11.7 Å². The lowest BCUT2D eigenvalue weighted by Gasteiger charge is -2.25. The Hall–Kier alpha value is -0.970. The van der Waals surface area contributed by atoms with E-state index in [1.165, 1.54) is 0 Å². The summed E-state index contributed by atoms with van der Waals surface area (Å²) < 4.78 is 5.27. The average Bonchev–Trinajstić information content (AvgIpc) is 2.45. The van der Waals surface area contributed by atoms with Crippen LogP contribution in [0.2, 0.25) is 5.02 Å². The van der Waals surface area contributed by atoms with Gasteiger partial charge in [0.05, 0.1) is 7.11 Å². The lowest BCUT2D eigenvalue weighted by molar-refractivity contribution is -0.126. The Morgan fingerprint density at radius 2 is 2.24 bits per heavy atom. The molecule has 118 valence electrons. The number of nitrogens with two attached hydrogens (primary N) is 1. The van der Waals surface area contributed by atoms with E-state index in [1.54, 1.807) is 13.2 Å². The van der Waals surface area contributed by atoms with Crippen LogP contribution in [-0.4, -0.2) is 19.1 Å². The number of carbonyl (C=O) groups is 1. The van der Waals surface area contributed by atoms with Crippen LogP contribution < -0.4 is 15.8 Å². The molecule has 3 N–H and O–H groups in total. The Morgan fingerprint density at radius 3 is 2.90 bits per heavy atom. The summed E-state index contributed by atoms with van der Waals surface area (Å²) in [5.41, 5.74) is 6.73. The molecule has 2 atom stereocenters. The zero-order chi connectivity index (χ0) is 14.5. The molecule has 1 amide bonds. The molecular formula is C15H22Cl2N2O2. The van der Waals surface area contributed by atoms with Gasteiger partial charge < -0.3 is 15.8 Å². The van der Waals surface area contributed by atoms with Gasteiger partial charge in [-0.15, -0.1) is 12.4 Å². The highest BCUT2D eigenvalue weighted by atomic mass is 35.5. The highest BCUT2D eigenvalue weighted by Gasteiger charge is 2.25. The van der Waals surface area contributed by atoms with Crippen molar-refractivity contribution in [3.8, 4) is 5.75 Å². The zero-order valence-corrected chi connectivity index (χ0v) is 13.7. The molecule has 4 nitrogen and oxygen atoms in total. The number of benzene rings is 1. The predicted molar refractivity (Wildman–Crippen MR) is 87.0 cm³/mol. The number of hydrogen-bond donors (Lipinski definition) is 2. The Labute approximate surface area is 136 Å². The number of amides is 1. The molecule has 0 heterocycles. The number of rotatable bonds is 4. The fourth-order valence-electron chi connectivity index (χ4n) is 2.69. The van der Waals surface area contributed by atoms with E-state index in [1.807, 2.05) is 12.1 Å². The third kappa shape index (κ3) is 4.77. The molecule has 6 heteroatoms. The van der Waals surface area contributed by atoms with Crippen LogP contribution >= 0.6 is 24.0 Å². The van der Waals surface area contributed by atoms with Crippen LogP contribution in [0.5, 0.6) is 5.75 Å². The van der Waals surface area contributed by atoms with Gasteiger partial charge in [0.15, 0.2) is 0 Å². The van der Waals surface area contributed by atoms with Crippen LogP contribution in [-0.2, 0) is 11.3 Å². The summed E-state index contributed by atoms with van der Waals surface area (Å²) in [4.78, 5) is 12.2. The van der Waals surface area contributed by atoms with E-state index in [-0.39, 0.29) is 30.3 Å². The van der Waals surface area contributed by atoms with Crippen molar-refractivity contribution < 1.29 is 9.53 Å². The first-order chi connectivity index (χ1) is 9.61. The van der Waals surface area contributed by atoms with E-state index >= 15 is 0 Å². The second kappa shape index (κ2) is 8.47. The van der Waals surface area contributed by atoms with Gasteiger partial charge in [0.1, 0.15) is 5.75 Å². The van der Waals surface area contributed by atoms with Crippen molar-refractivity contribution >= 4 is 29.9 Å². The Bertz CT molecular complexity index is 483. The smallest absolute Gasteiger partial charge is 0.223 e. The summed E-state index contributed by atoms with van der Waals surface area (Å²) in [5.74, 6) is 0.771. The minimum atomic E-state index is 0. The van der Waals surface area contributed by atoms with Gasteiger partial charge in [0, 0.05) is 29.1 Å². The van der Waals surface area contributed by atoms with Crippen molar-refractivity contribution in [3.63, 3.8) is 0 Å². The molecule has 1 saturated carbocycles. The first-order valence-electron chi connectivity index (χ1n) is 6.96. The lowest BCUT2D eigenvalue weighted by Crippen LogP contribution is -2.37. The van der Waals surface area contributed by atoms with Crippen molar-refractivity contribution in [1.82, 2.24) is 5.32 Å². The topological polar surface area (TPSA) is 64.3 Å². The molecule has 0 spiro atoms. The highest BCUT2D eigenvalue weighted by Crippen LogP contribution is 2.27. The van der Waals surface area contributed by atoms with Crippen LogP contribution in [0.3, 0.4) is 0 Å². The molecule has 2 unspecified atom stereocenters. The second-order valence-electron chi connectivity index (χ2n) is 5.26. The fourth-order valence-corrected chi connectivity index (χ4v) is 2.92. The van der Waals surface area contributed by atoms with Crippen molar-refractivity contribution in [2.75, 3.05) is 7.11 Å². The number of methoxy groups -OCH3 is 1. The van der Waals surface area contributed by atoms with Gasteiger partial charge in [-0.3, -0.25) is 4.79 Å². The average molecular weight is 333 g/mol. The number of carbonyl (C=O) groups excluding carboxylic acids is 1. The summed E-state index contributed by atoms with van der Waals surface area (Å²) in [5, 5.41) is 3.55. The third-order valence-corrected chi connectivity index (χ3v) is 4.17. The van der Waals surface area contributed by atoms with Gasteiger partial charge in [0.2, 0.25) is 5.91 Å². The van der Waals surface area contributed by atoms with Crippen molar-refractivity contribution in [1.29, 1.82) is 0 Å². The van der Waals surface area contributed by atoms with E-state index in [2.05, 4.69) is 5.32 Å². The summed E-state index contributed by atoms with van der Waals surface area (Å²) in [6, 6.07) is 5.60. The Morgan fingerprint density at radius 1 is 1.48 bits per heavy atom. The molecule has 0 radical (unpaired) electrons. The maximum absolute atomic E-state index is 12.2. The fraction of sp³-hybridized carbons (Fsp3) is 0.533. The molecule has 0 saturated heterocycles. The van der Waals surface area contributed by atoms with Crippen molar-refractivity contribution in [3.05, 3.63) is 28.8 Å². The molecule has 1 aliphatic carbocycles. The van der Waals surface area contributed by atoms with E-state index in [9.17, 15) is 4.79 Å². The van der Waals surface area contributed by atoms with Crippen LogP contribution in [0.4, 0.5) is 0 Å². The van der Waals surface area contributed by atoms with Crippen LogP contribution in [0.15, 0.2) is 18.2 Å². The normalized spacial score (nSPS) is 21.3. The molecule has 2 rings (SSSR count). The highest BCUT2D eigenvalue weighted by molar-refractivity contribution is 6.31. The summed E-state index contributed by atoms with van der Waals surface area (Å²) in [6.45, 7) is 0.382. The standard InChI is InChI=1S/C15H21ClN2O2.ClH/c1-20-14-7-3-6-13(16)12(14)9-18-15(19)10-4-2-5-11(17)8-10;/h3,6-7,10-11H,2,4-5,8-9,17H2,1H3,(H,18,19);1H. The summed E-state index contributed by atoms with van der Waals surface area (Å²) in [7, 11) is 1.59. The van der Waals surface area contributed by atoms with Crippen LogP contribution in [0.25, 0.3) is 0 Å². The maximum Gasteiger partial charge on any atom is 0.223 e. The van der Waals surface area contributed by atoms with Gasteiger partial charge in [0.25, 0.3) is 0 Å². The predicted octanol–water partition coefficient (Wildman–Crippen LogP) is 2.90. The first-order valence-corrected chi connectivity index (χ1v) is 7.34. The molecule has 0 aliphatic heterocycles. The van der Waals surface area contributed by atoms with E-state index in [4.69, 9.17) is 22.1 Å². The molecule has 0 bridgehead atoms. The van der Waals surface area contributed by atoms with Crippen molar-refractivity contribution in [2.45, 2.75) is 38.3 Å². The summed E-state index contributed by atoms with van der Waals surface area (Å²) >= 11 is 6.15. The van der Waals surface area contributed by atoms with E-state index in [0.717, 1.165) is 31.2 Å². The number of ether oxygens (including phenoxy) is 1. The number of halogens is 2. The number of hydrogen-bond acceptors (Lipinski definition) is 3. The van der Waals surface area contributed by atoms with Crippen LogP contribution in [0.1, 0.15) is 31.2 Å². The van der Waals surface area contributed by atoms with Gasteiger partial charge in [-0.25, -0.2) is 0 Å². The van der Waals surface area contributed by atoms with Gasteiger partial charge >= 0.3 is 0 Å². The van der Waals surface area contributed by atoms with Gasteiger partial charge in [-0.1, -0.05) is 24.1 Å². The minimum absolute atomic E-state index is 0. The maximum atomic E-state index is 12.2. The van der Waals surface area contributed by atoms with E-state index in [0.29, 0.717) is 17.3 Å². The minimum Gasteiger partial charge on any atom is -0.496 e. The molecule has 1 fully saturated rings. The third-order valence-electron chi connectivity index (χ3n) is 3.82.